The van der Waals surface area contributed by atoms with Crippen LogP contribution in [0.2, 0.25) is 0 Å². The summed E-state index contributed by atoms with van der Waals surface area (Å²) in [6, 6.07) is 4.85. The lowest BCUT2D eigenvalue weighted by Crippen LogP contribution is -2.13. The second kappa shape index (κ2) is 9.96. The standard InChI is InChI=1S/C18H20N4O4S2/c1-10(2)9-27-18-21-17(28-22-18)20-16(24)12(8-19)5-11-6-13(25-3)15(23)14(7-11)26-4/h5-7,10,23H,9H2,1-4H3,(H,20,21,22,24). The summed E-state index contributed by atoms with van der Waals surface area (Å²) in [6.07, 6.45) is 1.37. The van der Waals surface area contributed by atoms with E-state index in [-0.39, 0.29) is 22.8 Å². The number of hydrogen-bond donors (Lipinski definition) is 2. The lowest BCUT2D eigenvalue weighted by molar-refractivity contribution is -0.112. The second-order valence-corrected chi connectivity index (χ2v) is 7.72. The molecule has 0 spiro atoms. The van der Waals surface area contributed by atoms with E-state index in [0.29, 0.717) is 21.8 Å². The molecule has 2 aromatic rings. The second-order valence-electron chi connectivity index (χ2n) is 5.98. The van der Waals surface area contributed by atoms with Gasteiger partial charge in [0.1, 0.15) is 11.6 Å². The van der Waals surface area contributed by atoms with Gasteiger partial charge in [-0.3, -0.25) is 10.1 Å². The van der Waals surface area contributed by atoms with E-state index in [0.717, 1.165) is 17.3 Å². The van der Waals surface area contributed by atoms with Gasteiger partial charge >= 0.3 is 0 Å². The van der Waals surface area contributed by atoms with Crippen molar-refractivity contribution in [3.8, 4) is 23.3 Å². The van der Waals surface area contributed by atoms with E-state index in [2.05, 4.69) is 28.5 Å². The molecule has 2 rings (SSSR count). The van der Waals surface area contributed by atoms with Crippen LogP contribution in [-0.4, -0.2) is 40.3 Å². The first-order valence-corrected chi connectivity index (χ1v) is 9.98. The summed E-state index contributed by atoms with van der Waals surface area (Å²) in [5, 5.41) is 22.8. The summed E-state index contributed by atoms with van der Waals surface area (Å²) < 4.78 is 14.3. The molecule has 10 heteroatoms. The van der Waals surface area contributed by atoms with Crippen LogP contribution in [0.5, 0.6) is 17.2 Å². The number of aromatic hydroxyl groups is 1. The number of rotatable bonds is 8. The Hall–Kier alpha value is -2.77. The minimum atomic E-state index is -0.606. The van der Waals surface area contributed by atoms with Gasteiger partial charge in [0.25, 0.3) is 5.91 Å². The minimum absolute atomic E-state index is 0.138. The Morgan fingerprint density at radius 2 is 2.04 bits per heavy atom. The van der Waals surface area contributed by atoms with Gasteiger partial charge in [-0.25, -0.2) is 0 Å². The normalized spacial score (nSPS) is 11.2. The maximum atomic E-state index is 12.4. The fourth-order valence-corrected chi connectivity index (χ4v) is 3.53. The van der Waals surface area contributed by atoms with Crippen LogP contribution in [0.25, 0.3) is 6.08 Å². The molecule has 0 bridgehead atoms. The molecule has 2 N–H and O–H groups in total. The first-order valence-electron chi connectivity index (χ1n) is 8.22. The van der Waals surface area contributed by atoms with E-state index >= 15 is 0 Å². The average Bonchev–Trinajstić information content (AvgIpc) is 3.12. The number of thioether (sulfide) groups is 1. The average molecular weight is 421 g/mol. The summed E-state index contributed by atoms with van der Waals surface area (Å²) in [6.45, 7) is 4.19. The minimum Gasteiger partial charge on any atom is -0.502 e. The summed E-state index contributed by atoms with van der Waals surface area (Å²) in [7, 11) is 2.79. The van der Waals surface area contributed by atoms with Crippen molar-refractivity contribution in [2.24, 2.45) is 5.92 Å². The fourth-order valence-electron chi connectivity index (χ4n) is 2.04. The quantitative estimate of drug-likeness (QED) is 0.378. The Bertz CT molecular complexity index is 894. The third-order valence-corrected chi connectivity index (χ3v) is 5.37. The number of aromatic nitrogens is 2. The highest BCUT2D eigenvalue weighted by molar-refractivity contribution is 7.99. The van der Waals surface area contributed by atoms with Gasteiger partial charge in [-0.1, -0.05) is 25.6 Å². The van der Waals surface area contributed by atoms with Gasteiger partial charge in [-0.15, -0.1) is 0 Å². The van der Waals surface area contributed by atoms with Crippen LogP contribution in [0.3, 0.4) is 0 Å². The number of carbonyl (C=O) groups excluding carboxylic acids is 1. The number of nitriles is 1. The van der Waals surface area contributed by atoms with Crippen molar-refractivity contribution < 1.29 is 19.4 Å². The zero-order valence-corrected chi connectivity index (χ0v) is 17.5. The Kier molecular flexibility index (Phi) is 7.66. The van der Waals surface area contributed by atoms with E-state index in [1.54, 1.807) is 0 Å². The summed E-state index contributed by atoms with van der Waals surface area (Å²) in [5.74, 6) is 0.936. The molecule has 1 aromatic carbocycles. The Morgan fingerprint density at radius 1 is 1.39 bits per heavy atom. The molecule has 0 aliphatic rings. The van der Waals surface area contributed by atoms with Crippen LogP contribution in [0.15, 0.2) is 22.9 Å². The number of benzene rings is 1. The first kappa shape index (κ1) is 21.5. The van der Waals surface area contributed by atoms with Crippen molar-refractivity contribution in [3.63, 3.8) is 0 Å². The number of phenolic OH excluding ortho intramolecular Hbond substituents is 1. The third kappa shape index (κ3) is 5.61. The molecule has 0 saturated heterocycles. The number of hydrogen-bond acceptors (Lipinski definition) is 9. The highest BCUT2D eigenvalue weighted by Crippen LogP contribution is 2.37. The molecule has 0 unspecified atom stereocenters. The van der Waals surface area contributed by atoms with Crippen LogP contribution < -0.4 is 14.8 Å². The maximum absolute atomic E-state index is 12.4. The van der Waals surface area contributed by atoms with E-state index in [9.17, 15) is 15.2 Å². The number of nitrogens with one attached hydrogen (secondary N) is 1. The van der Waals surface area contributed by atoms with Crippen molar-refractivity contribution >= 4 is 40.4 Å². The zero-order valence-electron chi connectivity index (χ0n) is 15.8. The van der Waals surface area contributed by atoms with E-state index in [4.69, 9.17) is 9.47 Å². The van der Waals surface area contributed by atoms with Crippen LogP contribution >= 0.6 is 23.3 Å². The van der Waals surface area contributed by atoms with Crippen molar-refractivity contribution in [1.82, 2.24) is 9.36 Å². The molecule has 148 valence electrons. The lowest BCUT2D eigenvalue weighted by Gasteiger charge is -2.09. The van der Waals surface area contributed by atoms with Gasteiger partial charge < -0.3 is 14.6 Å². The summed E-state index contributed by atoms with van der Waals surface area (Å²) in [5.41, 5.74) is 0.324. The van der Waals surface area contributed by atoms with Crippen molar-refractivity contribution in [3.05, 3.63) is 23.3 Å². The van der Waals surface area contributed by atoms with Crippen molar-refractivity contribution in [2.75, 3.05) is 25.3 Å². The van der Waals surface area contributed by atoms with Gasteiger partial charge in [0, 0.05) is 17.3 Å². The number of carbonyl (C=O) groups is 1. The highest BCUT2D eigenvalue weighted by atomic mass is 32.2. The first-order chi connectivity index (χ1) is 13.4. The van der Waals surface area contributed by atoms with E-state index < -0.39 is 5.91 Å². The molecule has 28 heavy (non-hydrogen) atoms. The van der Waals surface area contributed by atoms with Crippen LogP contribution in [0, 0.1) is 17.2 Å². The molecule has 1 aromatic heterocycles. The van der Waals surface area contributed by atoms with E-state index in [1.165, 1.54) is 44.2 Å². The third-order valence-electron chi connectivity index (χ3n) is 3.35. The number of ether oxygens (including phenoxy) is 2. The largest absolute Gasteiger partial charge is 0.502 e. The number of amides is 1. The van der Waals surface area contributed by atoms with Crippen molar-refractivity contribution in [2.45, 2.75) is 19.0 Å². The van der Waals surface area contributed by atoms with Crippen LogP contribution in [0.1, 0.15) is 19.4 Å². The molecular formula is C18H20N4O4S2. The number of methoxy groups -OCH3 is 2. The van der Waals surface area contributed by atoms with E-state index in [1.807, 2.05) is 6.07 Å². The summed E-state index contributed by atoms with van der Waals surface area (Å²) >= 11 is 2.56. The Labute approximate surface area is 171 Å². The number of anilines is 1. The maximum Gasteiger partial charge on any atom is 0.268 e. The monoisotopic (exact) mass is 420 g/mol. The fraction of sp³-hybridized carbons (Fsp3) is 0.333. The highest BCUT2D eigenvalue weighted by Gasteiger charge is 2.15. The van der Waals surface area contributed by atoms with Gasteiger partial charge in [0.15, 0.2) is 11.5 Å². The molecule has 1 amide bonds. The Balaban J connectivity index is 2.19. The SMILES string of the molecule is COc1cc(C=C(C#N)C(=O)Nc2nc(SCC(C)C)ns2)cc(OC)c1O. The smallest absolute Gasteiger partial charge is 0.268 e. The Morgan fingerprint density at radius 3 is 2.57 bits per heavy atom. The predicted octanol–water partition coefficient (Wildman–Crippen LogP) is 3.55. The van der Waals surface area contributed by atoms with Crippen LogP contribution in [-0.2, 0) is 4.79 Å². The molecule has 8 nitrogen and oxygen atoms in total. The molecule has 0 saturated carbocycles. The van der Waals surface area contributed by atoms with Gasteiger partial charge in [-0.05, 0) is 29.7 Å². The molecule has 1 heterocycles. The van der Waals surface area contributed by atoms with Gasteiger partial charge in [-0.2, -0.15) is 14.6 Å². The van der Waals surface area contributed by atoms with Gasteiger partial charge in [0.05, 0.1) is 14.2 Å². The molecular weight excluding hydrogens is 400 g/mol. The number of phenols is 1. The van der Waals surface area contributed by atoms with Crippen LogP contribution in [0.4, 0.5) is 5.13 Å². The topological polar surface area (TPSA) is 117 Å². The summed E-state index contributed by atoms with van der Waals surface area (Å²) in [4.78, 5) is 16.7. The molecule has 0 fully saturated rings. The molecule has 0 aliphatic heterocycles. The zero-order chi connectivity index (χ0) is 20.7. The van der Waals surface area contributed by atoms with Gasteiger partial charge in [0.2, 0.25) is 16.0 Å². The predicted molar refractivity (Wildman–Crippen MR) is 109 cm³/mol. The lowest BCUT2D eigenvalue weighted by atomic mass is 10.1. The molecule has 0 radical (unpaired) electrons. The number of nitrogens with zero attached hydrogens (tertiary/aromatic N) is 3. The van der Waals surface area contributed by atoms with Crippen molar-refractivity contribution in [1.29, 1.82) is 5.26 Å². The molecule has 0 aliphatic carbocycles. The molecule has 0 atom stereocenters.